The normalized spacial score (nSPS) is 12.6. The molecular weight excluding hydrogens is 256 g/mol. The smallest absolute Gasteiger partial charge is 0.326 e. The van der Waals surface area contributed by atoms with Crippen LogP contribution < -0.4 is 5.32 Å². The third-order valence-electron chi connectivity index (χ3n) is 3.24. The number of fused-ring (bicyclic) bond motifs is 1. The fourth-order valence-electron chi connectivity index (χ4n) is 2.17. The molecule has 0 spiro atoms. The Morgan fingerprint density at radius 1 is 1.25 bits per heavy atom. The van der Waals surface area contributed by atoms with Gasteiger partial charge in [0, 0.05) is 11.7 Å². The first-order valence-electron chi connectivity index (χ1n) is 6.55. The highest BCUT2D eigenvalue weighted by Gasteiger charge is 2.23. The number of carbonyl (C=O) groups excluding carboxylic acids is 1. The number of amides is 1. The third kappa shape index (κ3) is 2.99. The van der Waals surface area contributed by atoms with Crippen molar-refractivity contribution in [2.45, 2.75) is 26.4 Å². The first kappa shape index (κ1) is 14.1. The van der Waals surface area contributed by atoms with Crippen LogP contribution in [-0.4, -0.2) is 27.6 Å². The maximum absolute atomic E-state index is 12.0. The lowest BCUT2D eigenvalue weighted by Gasteiger charge is -2.18. The molecule has 0 saturated carbocycles. The number of aliphatic carboxylic acids is 1. The van der Waals surface area contributed by atoms with Crippen molar-refractivity contribution in [3.63, 3.8) is 0 Å². The summed E-state index contributed by atoms with van der Waals surface area (Å²) in [6.07, 6.45) is 1.83. The van der Waals surface area contributed by atoms with E-state index in [-0.39, 0.29) is 18.4 Å². The Kier molecular flexibility index (Phi) is 4.08. The third-order valence-corrected chi connectivity index (χ3v) is 3.24. The molecule has 1 heterocycles. The fraction of sp³-hybridized carbons (Fsp3) is 0.333. The van der Waals surface area contributed by atoms with Crippen LogP contribution in [0.25, 0.3) is 10.9 Å². The second kappa shape index (κ2) is 5.77. The summed E-state index contributed by atoms with van der Waals surface area (Å²) in [4.78, 5) is 23.0. The van der Waals surface area contributed by atoms with E-state index in [0.29, 0.717) is 0 Å². The minimum absolute atomic E-state index is 0.115. The van der Waals surface area contributed by atoms with Crippen LogP contribution in [0.2, 0.25) is 0 Å². The summed E-state index contributed by atoms with van der Waals surface area (Å²) in [5, 5.41) is 12.7. The van der Waals surface area contributed by atoms with E-state index >= 15 is 0 Å². The zero-order chi connectivity index (χ0) is 14.7. The SMILES string of the molecule is CC(C)C(NC(=O)Cn1ccc2ccccc21)C(=O)O. The van der Waals surface area contributed by atoms with Gasteiger partial charge in [0.2, 0.25) is 5.91 Å². The van der Waals surface area contributed by atoms with Crippen LogP contribution in [0.1, 0.15) is 13.8 Å². The molecule has 1 amide bonds. The molecule has 5 nitrogen and oxygen atoms in total. The molecule has 1 aromatic carbocycles. The average Bonchev–Trinajstić information content (AvgIpc) is 2.79. The van der Waals surface area contributed by atoms with Crippen molar-refractivity contribution in [3.8, 4) is 0 Å². The number of rotatable bonds is 5. The number of hydrogen-bond acceptors (Lipinski definition) is 2. The van der Waals surface area contributed by atoms with E-state index in [4.69, 9.17) is 5.11 Å². The molecule has 0 aliphatic rings. The minimum atomic E-state index is -1.01. The van der Waals surface area contributed by atoms with E-state index in [0.717, 1.165) is 10.9 Å². The summed E-state index contributed by atoms with van der Waals surface area (Å²) in [5.41, 5.74) is 0.957. The molecule has 2 N–H and O–H groups in total. The molecule has 0 aliphatic heterocycles. The second-order valence-electron chi connectivity index (χ2n) is 5.13. The lowest BCUT2D eigenvalue weighted by atomic mass is 10.1. The standard InChI is InChI=1S/C15H18N2O3/c1-10(2)14(15(19)20)16-13(18)9-17-8-7-11-5-3-4-6-12(11)17/h3-8,10,14H,9H2,1-2H3,(H,16,18)(H,19,20). The van der Waals surface area contributed by atoms with Crippen LogP contribution in [0.3, 0.4) is 0 Å². The van der Waals surface area contributed by atoms with Gasteiger partial charge in [-0.2, -0.15) is 0 Å². The summed E-state index contributed by atoms with van der Waals surface area (Å²) < 4.78 is 1.81. The van der Waals surface area contributed by atoms with Gasteiger partial charge in [0.1, 0.15) is 12.6 Å². The molecule has 0 fully saturated rings. The average molecular weight is 274 g/mol. The Morgan fingerprint density at radius 3 is 2.60 bits per heavy atom. The number of nitrogens with one attached hydrogen (secondary N) is 1. The summed E-state index contributed by atoms with van der Waals surface area (Å²) in [6, 6.07) is 8.82. The van der Waals surface area contributed by atoms with Crippen molar-refractivity contribution in [3.05, 3.63) is 36.5 Å². The van der Waals surface area contributed by atoms with Crippen molar-refractivity contribution in [1.29, 1.82) is 0 Å². The van der Waals surface area contributed by atoms with Crippen LogP contribution in [0.15, 0.2) is 36.5 Å². The van der Waals surface area contributed by atoms with Crippen molar-refractivity contribution in [2.24, 2.45) is 5.92 Å². The molecule has 2 rings (SSSR count). The molecule has 106 valence electrons. The van der Waals surface area contributed by atoms with Crippen molar-refractivity contribution < 1.29 is 14.7 Å². The van der Waals surface area contributed by atoms with Crippen molar-refractivity contribution in [2.75, 3.05) is 0 Å². The molecule has 5 heteroatoms. The van der Waals surface area contributed by atoms with Gasteiger partial charge in [0.05, 0.1) is 0 Å². The lowest BCUT2D eigenvalue weighted by Crippen LogP contribution is -2.45. The number of hydrogen-bond donors (Lipinski definition) is 2. The molecular formula is C15H18N2O3. The first-order chi connectivity index (χ1) is 9.49. The molecule has 1 atom stereocenters. The summed E-state index contributed by atoms with van der Waals surface area (Å²) >= 11 is 0. The van der Waals surface area contributed by atoms with E-state index in [2.05, 4.69) is 5.32 Å². The Bertz CT molecular complexity index is 631. The zero-order valence-electron chi connectivity index (χ0n) is 11.5. The Hall–Kier alpha value is -2.30. The summed E-state index contributed by atoms with van der Waals surface area (Å²) in [7, 11) is 0. The predicted octanol–water partition coefficient (Wildman–Crippen LogP) is 1.87. The molecule has 0 bridgehead atoms. The molecule has 1 aromatic heterocycles. The van der Waals surface area contributed by atoms with Crippen molar-refractivity contribution in [1.82, 2.24) is 9.88 Å². The highest BCUT2D eigenvalue weighted by Crippen LogP contribution is 2.14. The lowest BCUT2D eigenvalue weighted by molar-refractivity contribution is -0.143. The van der Waals surface area contributed by atoms with E-state index < -0.39 is 12.0 Å². The molecule has 0 saturated heterocycles. The van der Waals surface area contributed by atoms with Crippen molar-refractivity contribution >= 4 is 22.8 Å². The molecule has 20 heavy (non-hydrogen) atoms. The van der Waals surface area contributed by atoms with Gasteiger partial charge in [-0.05, 0) is 23.4 Å². The van der Waals surface area contributed by atoms with E-state index in [9.17, 15) is 9.59 Å². The van der Waals surface area contributed by atoms with Gasteiger partial charge in [-0.25, -0.2) is 4.79 Å². The van der Waals surface area contributed by atoms with Crippen LogP contribution >= 0.6 is 0 Å². The predicted molar refractivity (Wildman–Crippen MR) is 76.3 cm³/mol. The minimum Gasteiger partial charge on any atom is -0.480 e. The summed E-state index contributed by atoms with van der Waals surface area (Å²) in [5.74, 6) is -1.46. The number of carbonyl (C=O) groups is 2. The van der Waals surface area contributed by atoms with Crippen LogP contribution in [0.5, 0.6) is 0 Å². The van der Waals surface area contributed by atoms with Gasteiger partial charge in [-0.3, -0.25) is 4.79 Å². The highest BCUT2D eigenvalue weighted by atomic mass is 16.4. The molecule has 0 aliphatic carbocycles. The van der Waals surface area contributed by atoms with E-state index in [1.165, 1.54) is 0 Å². The maximum atomic E-state index is 12.0. The van der Waals surface area contributed by atoms with Crippen LogP contribution in [0.4, 0.5) is 0 Å². The topological polar surface area (TPSA) is 71.3 Å². The number of carboxylic acids is 1. The zero-order valence-corrected chi connectivity index (χ0v) is 11.5. The van der Waals surface area contributed by atoms with Crippen LogP contribution in [0, 0.1) is 5.92 Å². The number of nitrogens with zero attached hydrogens (tertiary/aromatic N) is 1. The van der Waals surface area contributed by atoms with E-state index in [1.54, 1.807) is 13.8 Å². The van der Waals surface area contributed by atoms with Gasteiger partial charge >= 0.3 is 5.97 Å². The number of para-hydroxylation sites is 1. The Balaban J connectivity index is 2.10. The highest BCUT2D eigenvalue weighted by molar-refractivity contribution is 5.86. The van der Waals surface area contributed by atoms with Gasteiger partial charge in [-0.1, -0.05) is 32.0 Å². The van der Waals surface area contributed by atoms with E-state index in [1.807, 2.05) is 41.1 Å². The fourth-order valence-corrected chi connectivity index (χ4v) is 2.17. The Morgan fingerprint density at radius 2 is 1.95 bits per heavy atom. The van der Waals surface area contributed by atoms with Gasteiger partial charge in [-0.15, -0.1) is 0 Å². The van der Waals surface area contributed by atoms with Gasteiger partial charge in [0.15, 0.2) is 0 Å². The first-order valence-corrected chi connectivity index (χ1v) is 6.55. The summed E-state index contributed by atoms with van der Waals surface area (Å²) in [6.45, 7) is 3.65. The monoisotopic (exact) mass is 274 g/mol. The quantitative estimate of drug-likeness (QED) is 0.874. The Labute approximate surface area is 117 Å². The van der Waals surface area contributed by atoms with Gasteiger partial charge < -0.3 is 15.0 Å². The largest absolute Gasteiger partial charge is 0.480 e. The number of aromatic nitrogens is 1. The number of benzene rings is 1. The maximum Gasteiger partial charge on any atom is 0.326 e. The second-order valence-corrected chi connectivity index (χ2v) is 5.13. The van der Waals surface area contributed by atoms with Gasteiger partial charge in [0.25, 0.3) is 0 Å². The molecule has 2 aromatic rings. The number of carboxylic acid groups (broad SMARTS) is 1. The molecule has 0 radical (unpaired) electrons. The molecule has 1 unspecified atom stereocenters. The van der Waals surface area contributed by atoms with Crippen LogP contribution in [-0.2, 0) is 16.1 Å².